The summed E-state index contributed by atoms with van der Waals surface area (Å²) in [6, 6.07) is -1.56. The van der Waals surface area contributed by atoms with Crippen LogP contribution in [0.1, 0.15) is 6.23 Å². The van der Waals surface area contributed by atoms with Crippen molar-refractivity contribution in [3.8, 4) is 0 Å². The molecule has 1 saturated heterocycles. The number of anilines is 1. The zero-order valence-corrected chi connectivity index (χ0v) is 18.2. The zero-order valence-electron chi connectivity index (χ0n) is 16.5. The van der Waals surface area contributed by atoms with E-state index in [-0.39, 0.29) is 17.0 Å². The van der Waals surface area contributed by atoms with Gasteiger partial charge < -0.3 is 36.4 Å². The maximum absolute atomic E-state index is 12.3. The van der Waals surface area contributed by atoms with Gasteiger partial charge in [0.05, 0.1) is 28.4 Å². The molecule has 16 nitrogen and oxygen atoms in total. The molecule has 1 fully saturated rings. The van der Waals surface area contributed by atoms with E-state index >= 15 is 0 Å². The Morgan fingerprint density at radius 2 is 2.09 bits per heavy atom. The van der Waals surface area contributed by atoms with Crippen LogP contribution in [0.25, 0.3) is 11.2 Å². The maximum atomic E-state index is 12.3. The highest BCUT2D eigenvalue weighted by Crippen LogP contribution is 2.46. The quantitative estimate of drug-likeness (QED) is 0.210. The average Bonchev–Trinajstić information content (AvgIpc) is 3.22. The Morgan fingerprint density at radius 1 is 1.41 bits per heavy atom. The summed E-state index contributed by atoms with van der Waals surface area (Å²) in [7, 11) is -8.34. The standard InChI is InChI=1S/C14H22N7O9PS/c1-32(28,3-6(15)14(24)25)20-31(26,27)29-2-7-9(22)10(23)13(30-7)21-5-19-8-11(16)17-4-18-12(8)21/h4-7,9-10,13,22-23H,2-3,15H2,1H3,(H,24,25)(H,26,27)(H2,16,17,18)/t6-,7-,9-,10-,13-,32?/m1/s1. The molecule has 0 bridgehead atoms. The fraction of sp³-hybridized carbons (Fsp3) is 0.571. The number of aliphatic carboxylic acids is 1. The van der Waals surface area contributed by atoms with Gasteiger partial charge in [0.2, 0.25) is 0 Å². The Kier molecular flexibility index (Phi) is 6.83. The smallest absolute Gasteiger partial charge is 0.459 e. The molecule has 0 spiro atoms. The van der Waals surface area contributed by atoms with Crippen LogP contribution >= 0.6 is 7.75 Å². The number of aliphatic hydroxyl groups is 2. The highest BCUT2D eigenvalue weighted by Gasteiger charge is 2.45. The lowest BCUT2D eigenvalue weighted by Crippen LogP contribution is -2.36. The van der Waals surface area contributed by atoms with Gasteiger partial charge in [0.25, 0.3) is 0 Å². The fourth-order valence-corrected chi connectivity index (χ4v) is 6.35. The van der Waals surface area contributed by atoms with Crippen LogP contribution in [0, 0.1) is 0 Å². The summed E-state index contributed by atoms with van der Waals surface area (Å²) < 4.78 is 39.4. The number of fused-ring (bicyclic) bond motifs is 1. The summed E-state index contributed by atoms with van der Waals surface area (Å²) in [5.74, 6) is -2.04. The SMILES string of the molecule is CS(=O)(C[C@@H](N)C(=O)O)=NP(=O)(O)OC[C@H]1O[C@@H](n2cnc3c(N)ncnc32)[C@H](O)[C@@H]1O. The van der Waals surface area contributed by atoms with Gasteiger partial charge >= 0.3 is 13.7 Å². The first-order valence-corrected chi connectivity index (χ1v) is 12.6. The van der Waals surface area contributed by atoms with Crippen molar-refractivity contribution in [2.75, 3.05) is 24.3 Å². The van der Waals surface area contributed by atoms with Crippen LogP contribution in [0.5, 0.6) is 0 Å². The Balaban J connectivity index is 1.72. The largest absolute Gasteiger partial charge is 0.480 e. The lowest BCUT2D eigenvalue weighted by Gasteiger charge is -2.17. The maximum Gasteiger partial charge on any atom is 0.459 e. The minimum atomic E-state index is -4.85. The van der Waals surface area contributed by atoms with Gasteiger partial charge in [-0.2, -0.15) is 0 Å². The first-order chi connectivity index (χ1) is 14.8. The van der Waals surface area contributed by atoms with E-state index in [4.69, 9.17) is 25.8 Å². The third-order valence-corrected chi connectivity index (χ3v) is 8.16. The summed E-state index contributed by atoms with van der Waals surface area (Å²) in [4.78, 5) is 32.5. The first-order valence-electron chi connectivity index (χ1n) is 8.93. The number of nitrogens with zero attached hydrogens (tertiary/aromatic N) is 5. The van der Waals surface area contributed by atoms with Gasteiger partial charge in [-0.15, -0.1) is 4.13 Å². The van der Waals surface area contributed by atoms with E-state index in [2.05, 4.69) is 19.1 Å². The van der Waals surface area contributed by atoms with E-state index in [0.29, 0.717) is 0 Å². The molecule has 18 heteroatoms. The fourth-order valence-electron chi connectivity index (χ4n) is 3.00. The molecule has 2 aromatic heterocycles. The van der Waals surface area contributed by atoms with Gasteiger partial charge in [-0.25, -0.2) is 23.7 Å². The van der Waals surface area contributed by atoms with Gasteiger partial charge in [-0.3, -0.25) is 13.9 Å². The van der Waals surface area contributed by atoms with Crippen LogP contribution in [0.15, 0.2) is 16.8 Å². The topological polar surface area (TPSA) is 259 Å². The van der Waals surface area contributed by atoms with Gasteiger partial charge in [0.15, 0.2) is 17.7 Å². The molecule has 2 aromatic rings. The Labute approximate surface area is 181 Å². The predicted octanol–water partition coefficient (Wildman–Crippen LogP) is -2.35. The summed E-state index contributed by atoms with van der Waals surface area (Å²) in [5, 5.41) is 29.4. The molecule has 0 aromatic carbocycles. The Morgan fingerprint density at radius 3 is 2.75 bits per heavy atom. The number of ether oxygens (including phenoxy) is 1. The number of carboxylic acid groups (broad SMARTS) is 1. The van der Waals surface area contributed by atoms with Gasteiger partial charge in [-0.1, -0.05) is 0 Å². The second kappa shape index (κ2) is 8.95. The van der Waals surface area contributed by atoms with Crippen molar-refractivity contribution in [3.05, 3.63) is 12.7 Å². The minimum Gasteiger partial charge on any atom is -0.480 e. The number of nitrogens with two attached hydrogens (primary N) is 2. The van der Waals surface area contributed by atoms with Crippen LogP contribution < -0.4 is 11.5 Å². The number of carboxylic acids is 1. The van der Waals surface area contributed by atoms with Gasteiger partial charge in [0.1, 0.15) is 36.2 Å². The summed E-state index contributed by atoms with van der Waals surface area (Å²) in [6.07, 6.45) is -2.09. The molecule has 1 aliphatic rings. The number of nitrogen functional groups attached to an aromatic ring is 1. The van der Waals surface area contributed by atoms with Crippen molar-refractivity contribution in [1.29, 1.82) is 0 Å². The number of hydrogen-bond donors (Lipinski definition) is 6. The molecule has 7 atom stereocenters. The number of hydrogen-bond acceptors (Lipinski definition) is 12. The zero-order chi connectivity index (χ0) is 23.8. The van der Waals surface area contributed by atoms with Gasteiger partial charge in [0, 0.05) is 6.26 Å². The average molecular weight is 495 g/mol. The molecule has 0 amide bonds. The van der Waals surface area contributed by atoms with Crippen LogP contribution in [-0.2, 0) is 28.3 Å². The monoisotopic (exact) mass is 495 g/mol. The molecule has 0 radical (unpaired) electrons. The summed E-state index contributed by atoms with van der Waals surface area (Å²) >= 11 is 0. The van der Waals surface area contributed by atoms with Crippen LogP contribution in [-0.4, -0.2) is 92.9 Å². The summed E-state index contributed by atoms with van der Waals surface area (Å²) in [5.41, 5.74) is 11.5. The number of carbonyl (C=O) groups is 1. The van der Waals surface area contributed by atoms with Crippen molar-refractivity contribution >= 4 is 40.4 Å². The number of aliphatic hydroxyl groups excluding tert-OH is 2. The molecule has 8 N–H and O–H groups in total. The van der Waals surface area contributed by atoms with E-state index < -0.39 is 66.4 Å². The van der Waals surface area contributed by atoms with Gasteiger partial charge in [-0.05, 0) is 0 Å². The van der Waals surface area contributed by atoms with Crippen LogP contribution in [0.4, 0.5) is 5.82 Å². The number of imidazole rings is 1. The van der Waals surface area contributed by atoms with Crippen molar-refractivity contribution in [3.63, 3.8) is 0 Å². The molecule has 0 saturated carbocycles. The highest BCUT2D eigenvalue weighted by atomic mass is 32.2. The normalized spacial score (nSPS) is 28.2. The summed E-state index contributed by atoms with van der Waals surface area (Å²) in [6.45, 7) is -0.712. The van der Waals surface area contributed by atoms with Crippen LogP contribution in [0.3, 0.4) is 0 Å². The Bertz CT molecular complexity index is 1180. The number of aromatic nitrogens is 4. The second-order valence-electron chi connectivity index (χ2n) is 7.07. The van der Waals surface area contributed by atoms with Crippen molar-refractivity contribution in [2.45, 2.75) is 30.6 Å². The molecule has 3 rings (SSSR count). The number of rotatable bonds is 8. The molecule has 178 valence electrons. The van der Waals surface area contributed by atoms with E-state index in [9.17, 15) is 28.7 Å². The molecular formula is C14H22N7O9PS. The minimum absolute atomic E-state index is 0.0928. The molecule has 1 aliphatic heterocycles. The molecule has 2 unspecified atom stereocenters. The highest BCUT2D eigenvalue weighted by molar-refractivity contribution is 7.95. The van der Waals surface area contributed by atoms with E-state index in [1.165, 1.54) is 17.2 Å². The Hall–Kier alpha value is -2.24. The van der Waals surface area contributed by atoms with Crippen molar-refractivity contribution in [2.24, 2.45) is 9.87 Å². The molecular weight excluding hydrogens is 473 g/mol. The molecule has 32 heavy (non-hydrogen) atoms. The lowest BCUT2D eigenvalue weighted by molar-refractivity contribution is -0.137. The third-order valence-electron chi connectivity index (χ3n) is 4.49. The predicted molar refractivity (Wildman–Crippen MR) is 108 cm³/mol. The third kappa shape index (κ3) is 5.21. The first kappa shape index (κ1) is 24.4. The lowest BCUT2D eigenvalue weighted by atomic mass is 10.1. The van der Waals surface area contributed by atoms with E-state index in [1.54, 1.807) is 0 Å². The van der Waals surface area contributed by atoms with E-state index in [1.807, 2.05) is 0 Å². The van der Waals surface area contributed by atoms with Crippen molar-refractivity contribution < 1.29 is 43.0 Å². The molecule has 0 aliphatic carbocycles. The van der Waals surface area contributed by atoms with E-state index in [0.717, 1.165) is 6.26 Å². The molecule has 3 heterocycles. The van der Waals surface area contributed by atoms with Crippen molar-refractivity contribution in [1.82, 2.24) is 19.5 Å². The van der Waals surface area contributed by atoms with Crippen LogP contribution in [0.2, 0.25) is 0 Å². The second-order valence-corrected chi connectivity index (χ2v) is 11.2.